The number of nitrogens with zero attached hydrogens (tertiary/aromatic N) is 1. The molecule has 0 amide bonds. The van der Waals surface area contributed by atoms with E-state index in [1.54, 1.807) is 0 Å². The Morgan fingerprint density at radius 1 is 1.29 bits per heavy atom. The molecule has 17 heavy (non-hydrogen) atoms. The highest BCUT2D eigenvalue weighted by Crippen LogP contribution is 2.48. The standard InChI is InChI=1S/C14H28N2O/c1-2-5-14(6-7-14)12-15-10-13(17)11-16-8-3-4-9-16/h13,15,17H,2-12H2,1H3. The van der Waals surface area contributed by atoms with Gasteiger partial charge in [-0.25, -0.2) is 0 Å². The molecule has 2 fully saturated rings. The Bertz CT molecular complexity index is 222. The summed E-state index contributed by atoms with van der Waals surface area (Å²) in [5.74, 6) is 0. The van der Waals surface area contributed by atoms with Crippen molar-refractivity contribution in [1.82, 2.24) is 10.2 Å². The van der Waals surface area contributed by atoms with Gasteiger partial charge in [0, 0.05) is 19.6 Å². The predicted octanol–water partition coefficient (Wildman–Crippen LogP) is 1.61. The number of β-amino-alcohol motifs (C(OH)–C–C–N with tert-alkyl or cyclic N) is 1. The molecule has 2 aliphatic rings. The lowest BCUT2D eigenvalue weighted by molar-refractivity contribution is 0.122. The largest absolute Gasteiger partial charge is 0.390 e. The topological polar surface area (TPSA) is 35.5 Å². The lowest BCUT2D eigenvalue weighted by atomic mass is 10.0. The van der Waals surface area contributed by atoms with E-state index in [4.69, 9.17) is 0 Å². The molecule has 1 saturated heterocycles. The van der Waals surface area contributed by atoms with Crippen molar-refractivity contribution >= 4 is 0 Å². The quantitative estimate of drug-likeness (QED) is 0.676. The van der Waals surface area contributed by atoms with Crippen molar-refractivity contribution in [3.05, 3.63) is 0 Å². The Kier molecular flexibility index (Phi) is 4.83. The lowest BCUT2D eigenvalue weighted by Gasteiger charge is -2.21. The monoisotopic (exact) mass is 240 g/mol. The van der Waals surface area contributed by atoms with E-state index in [0.29, 0.717) is 5.41 Å². The van der Waals surface area contributed by atoms with E-state index in [1.807, 2.05) is 0 Å². The summed E-state index contributed by atoms with van der Waals surface area (Å²) in [6, 6.07) is 0. The molecule has 1 aliphatic carbocycles. The summed E-state index contributed by atoms with van der Waals surface area (Å²) in [6.07, 6.45) is 7.83. The first-order valence-electron chi connectivity index (χ1n) is 7.35. The molecule has 1 unspecified atom stereocenters. The first-order valence-corrected chi connectivity index (χ1v) is 7.35. The summed E-state index contributed by atoms with van der Waals surface area (Å²) in [5.41, 5.74) is 0.599. The van der Waals surface area contributed by atoms with Gasteiger partial charge >= 0.3 is 0 Å². The molecule has 2 rings (SSSR count). The number of hydrogen-bond donors (Lipinski definition) is 2. The van der Waals surface area contributed by atoms with Gasteiger partial charge < -0.3 is 15.3 Å². The van der Waals surface area contributed by atoms with E-state index in [2.05, 4.69) is 17.1 Å². The molecule has 1 heterocycles. The van der Waals surface area contributed by atoms with Gasteiger partial charge in [-0.1, -0.05) is 13.3 Å². The van der Waals surface area contributed by atoms with E-state index in [9.17, 15) is 5.11 Å². The minimum Gasteiger partial charge on any atom is -0.390 e. The van der Waals surface area contributed by atoms with Crippen LogP contribution in [0, 0.1) is 5.41 Å². The zero-order chi connectivity index (χ0) is 12.1. The van der Waals surface area contributed by atoms with Crippen molar-refractivity contribution in [3.63, 3.8) is 0 Å². The van der Waals surface area contributed by atoms with Crippen LogP contribution < -0.4 is 5.32 Å². The van der Waals surface area contributed by atoms with Gasteiger partial charge in [-0.3, -0.25) is 0 Å². The van der Waals surface area contributed by atoms with Gasteiger partial charge in [-0.2, -0.15) is 0 Å². The Morgan fingerprint density at radius 2 is 2.00 bits per heavy atom. The Balaban J connectivity index is 1.55. The average Bonchev–Trinajstić information content (AvgIpc) is 2.86. The average molecular weight is 240 g/mol. The summed E-state index contributed by atoms with van der Waals surface area (Å²) in [7, 11) is 0. The molecule has 1 saturated carbocycles. The minimum atomic E-state index is -0.189. The molecule has 0 aromatic carbocycles. The fourth-order valence-electron chi connectivity index (χ4n) is 3.05. The first-order chi connectivity index (χ1) is 8.24. The maximum atomic E-state index is 9.95. The predicted molar refractivity (Wildman–Crippen MR) is 71.1 cm³/mol. The molecule has 0 radical (unpaired) electrons. The van der Waals surface area contributed by atoms with Crippen LogP contribution in [-0.4, -0.2) is 48.8 Å². The third kappa shape index (κ3) is 4.23. The fraction of sp³-hybridized carbons (Fsp3) is 1.00. The molecule has 3 nitrogen and oxygen atoms in total. The van der Waals surface area contributed by atoms with E-state index in [1.165, 1.54) is 51.6 Å². The lowest BCUT2D eigenvalue weighted by Crippen LogP contribution is -2.38. The molecule has 1 aliphatic heterocycles. The second kappa shape index (κ2) is 6.17. The number of rotatable bonds is 8. The molecule has 0 spiro atoms. The summed E-state index contributed by atoms with van der Waals surface area (Å²) in [4.78, 5) is 2.38. The maximum absolute atomic E-state index is 9.95. The molecule has 0 aromatic heterocycles. The highest BCUT2D eigenvalue weighted by molar-refractivity contribution is 4.94. The SMILES string of the molecule is CCCC1(CNCC(O)CN2CCCC2)CC1. The molecule has 1 atom stereocenters. The van der Waals surface area contributed by atoms with E-state index >= 15 is 0 Å². The summed E-state index contributed by atoms with van der Waals surface area (Å²) < 4.78 is 0. The third-order valence-corrected chi connectivity index (χ3v) is 4.29. The van der Waals surface area contributed by atoms with Gasteiger partial charge in [-0.05, 0) is 50.6 Å². The third-order valence-electron chi connectivity index (χ3n) is 4.29. The maximum Gasteiger partial charge on any atom is 0.0791 e. The van der Waals surface area contributed by atoms with Gasteiger partial charge in [0.25, 0.3) is 0 Å². The van der Waals surface area contributed by atoms with E-state index in [0.717, 1.165) is 19.6 Å². The zero-order valence-electron chi connectivity index (χ0n) is 11.2. The van der Waals surface area contributed by atoms with Crippen molar-refractivity contribution in [3.8, 4) is 0 Å². The van der Waals surface area contributed by atoms with Crippen LogP contribution in [0.25, 0.3) is 0 Å². The van der Waals surface area contributed by atoms with E-state index < -0.39 is 0 Å². The minimum absolute atomic E-state index is 0.189. The number of hydrogen-bond acceptors (Lipinski definition) is 3. The van der Waals surface area contributed by atoms with Gasteiger partial charge in [0.2, 0.25) is 0 Å². The normalized spacial score (nSPS) is 25.1. The number of nitrogens with one attached hydrogen (secondary N) is 1. The highest BCUT2D eigenvalue weighted by atomic mass is 16.3. The van der Waals surface area contributed by atoms with Gasteiger partial charge in [0.05, 0.1) is 6.10 Å². The fourth-order valence-corrected chi connectivity index (χ4v) is 3.05. The summed E-state index contributed by atoms with van der Waals surface area (Å²) in [5, 5.41) is 13.4. The molecule has 100 valence electrons. The molecule has 0 aromatic rings. The molecule has 0 bridgehead atoms. The zero-order valence-corrected chi connectivity index (χ0v) is 11.2. The number of aliphatic hydroxyl groups excluding tert-OH is 1. The Morgan fingerprint density at radius 3 is 2.59 bits per heavy atom. The van der Waals surface area contributed by atoms with Crippen LogP contribution in [0.2, 0.25) is 0 Å². The van der Waals surface area contributed by atoms with Gasteiger partial charge in [0.1, 0.15) is 0 Å². The number of likely N-dealkylation sites (tertiary alicyclic amines) is 1. The summed E-state index contributed by atoms with van der Waals surface area (Å²) >= 11 is 0. The smallest absolute Gasteiger partial charge is 0.0791 e. The van der Waals surface area contributed by atoms with E-state index in [-0.39, 0.29) is 6.10 Å². The molecule has 3 heteroatoms. The van der Waals surface area contributed by atoms with Crippen molar-refractivity contribution in [2.45, 2.75) is 51.6 Å². The second-order valence-corrected chi connectivity index (χ2v) is 6.04. The van der Waals surface area contributed by atoms with Crippen molar-refractivity contribution in [2.24, 2.45) is 5.41 Å². The van der Waals surface area contributed by atoms with Crippen LogP contribution in [0.5, 0.6) is 0 Å². The summed E-state index contributed by atoms with van der Waals surface area (Å²) in [6.45, 7) is 7.35. The Labute approximate surface area is 106 Å². The van der Waals surface area contributed by atoms with Crippen molar-refractivity contribution in [1.29, 1.82) is 0 Å². The van der Waals surface area contributed by atoms with Crippen LogP contribution in [0.4, 0.5) is 0 Å². The van der Waals surface area contributed by atoms with Crippen molar-refractivity contribution < 1.29 is 5.11 Å². The number of aliphatic hydroxyl groups is 1. The van der Waals surface area contributed by atoms with Crippen LogP contribution >= 0.6 is 0 Å². The van der Waals surface area contributed by atoms with Gasteiger partial charge in [-0.15, -0.1) is 0 Å². The van der Waals surface area contributed by atoms with Crippen LogP contribution in [0.15, 0.2) is 0 Å². The highest BCUT2D eigenvalue weighted by Gasteiger charge is 2.40. The van der Waals surface area contributed by atoms with Crippen molar-refractivity contribution in [2.75, 3.05) is 32.7 Å². The Hall–Kier alpha value is -0.120. The molecule has 2 N–H and O–H groups in total. The second-order valence-electron chi connectivity index (χ2n) is 6.04. The van der Waals surface area contributed by atoms with Crippen LogP contribution in [0.1, 0.15) is 45.4 Å². The first kappa shape index (κ1) is 13.3. The van der Waals surface area contributed by atoms with Gasteiger partial charge in [0.15, 0.2) is 0 Å². The van der Waals surface area contributed by atoms with Crippen LogP contribution in [-0.2, 0) is 0 Å². The van der Waals surface area contributed by atoms with Crippen LogP contribution in [0.3, 0.4) is 0 Å². The molecular formula is C14H28N2O. The molecular weight excluding hydrogens is 212 g/mol.